The van der Waals surface area contributed by atoms with Crippen LogP contribution in [0.2, 0.25) is 0 Å². The predicted octanol–water partition coefficient (Wildman–Crippen LogP) is 2.48. The zero-order valence-corrected chi connectivity index (χ0v) is 15.2. The van der Waals surface area contributed by atoms with Gasteiger partial charge in [0, 0.05) is 44.6 Å². The first kappa shape index (κ1) is 18.6. The lowest BCUT2D eigenvalue weighted by atomic mass is 10.0. The molecule has 2 amide bonds. The van der Waals surface area contributed by atoms with Gasteiger partial charge in [-0.1, -0.05) is 18.2 Å². The van der Waals surface area contributed by atoms with Gasteiger partial charge in [-0.25, -0.2) is 4.79 Å². The maximum atomic E-state index is 12.4. The molecule has 1 aliphatic heterocycles. The van der Waals surface area contributed by atoms with Crippen LogP contribution in [-0.4, -0.2) is 42.7 Å². The van der Waals surface area contributed by atoms with Gasteiger partial charge in [0.1, 0.15) is 0 Å². The van der Waals surface area contributed by atoms with Crippen LogP contribution in [0.1, 0.15) is 36.0 Å². The number of imide groups is 1. The molecule has 3 rings (SSSR count). The molecule has 0 bridgehead atoms. The molecule has 0 unspecified atom stereocenters. The van der Waals surface area contributed by atoms with Crippen molar-refractivity contribution in [3.8, 4) is 0 Å². The van der Waals surface area contributed by atoms with Crippen LogP contribution in [0.25, 0.3) is 10.8 Å². The molecule has 0 aliphatic carbocycles. The number of Topliss-reactive ketones (excluding diaryl/α,β-unsaturated/α-hetero) is 1. The second kappa shape index (κ2) is 7.57. The van der Waals surface area contributed by atoms with Crippen LogP contribution in [0.3, 0.4) is 0 Å². The number of carbonyl (C=O) groups excluding carboxylic acids is 4. The van der Waals surface area contributed by atoms with E-state index in [-0.39, 0.29) is 31.5 Å². The van der Waals surface area contributed by atoms with Gasteiger partial charge in [0.15, 0.2) is 5.78 Å². The molecular weight excluding hydrogens is 348 g/mol. The van der Waals surface area contributed by atoms with E-state index in [2.05, 4.69) is 0 Å². The quantitative estimate of drug-likeness (QED) is 0.575. The summed E-state index contributed by atoms with van der Waals surface area (Å²) in [5, 5.41) is 2.44. The highest BCUT2D eigenvalue weighted by atomic mass is 16.7. The van der Waals surface area contributed by atoms with E-state index < -0.39 is 17.8 Å². The van der Waals surface area contributed by atoms with E-state index in [0.717, 1.165) is 16.5 Å². The summed E-state index contributed by atoms with van der Waals surface area (Å²) in [5.74, 6) is -2.05. The average Bonchev–Trinajstić information content (AvgIpc) is 2.97. The molecule has 1 heterocycles. The zero-order valence-electron chi connectivity index (χ0n) is 15.2. The van der Waals surface area contributed by atoms with Gasteiger partial charge in [0.2, 0.25) is 0 Å². The Morgan fingerprint density at radius 3 is 2.26 bits per heavy atom. The maximum Gasteiger partial charge on any atom is 0.333 e. The summed E-state index contributed by atoms with van der Waals surface area (Å²) in [6.45, 7) is 0. The Morgan fingerprint density at radius 1 is 0.963 bits per heavy atom. The minimum absolute atomic E-state index is 0.0394. The molecule has 1 fully saturated rings. The molecule has 140 valence electrons. The molecule has 1 saturated heterocycles. The third-order valence-electron chi connectivity index (χ3n) is 4.42. The first-order valence-corrected chi connectivity index (χ1v) is 8.66. The van der Waals surface area contributed by atoms with Crippen LogP contribution < -0.4 is 4.90 Å². The number of rotatable bonds is 6. The fourth-order valence-electron chi connectivity index (χ4n) is 2.85. The summed E-state index contributed by atoms with van der Waals surface area (Å²) < 4.78 is 0. The normalized spacial score (nSPS) is 13.9. The largest absolute Gasteiger partial charge is 0.378 e. The number of hydroxylamine groups is 2. The van der Waals surface area contributed by atoms with E-state index in [4.69, 9.17) is 4.84 Å². The third kappa shape index (κ3) is 4.13. The van der Waals surface area contributed by atoms with Crippen LogP contribution in [0.15, 0.2) is 36.4 Å². The number of hydrogen-bond acceptors (Lipinski definition) is 6. The summed E-state index contributed by atoms with van der Waals surface area (Å²) in [4.78, 5) is 53.8. The molecule has 0 atom stereocenters. The Labute approximate surface area is 156 Å². The highest BCUT2D eigenvalue weighted by molar-refractivity contribution is 6.03. The standard InChI is InChI=1S/C20H20N2O5/c1-21(2)16-6-5-13-11-15(4-3-14(13)12-16)17(23)7-10-20(26)27-22-18(24)8-9-19(22)25/h3-6,11-12H,7-10H2,1-2H3. The van der Waals surface area contributed by atoms with Crippen LogP contribution >= 0.6 is 0 Å². The Kier molecular flexibility index (Phi) is 5.21. The van der Waals surface area contributed by atoms with Crippen LogP contribution in [-0.2, 0) is 19.2 Å². The fraction of sp³-hybridized carbons (Fsp3) is 0.300. The van der Waals surface area contributed by atoms with Gasteiger partial charge in [-0.15, -0.1) is 5.06 Å². The number of amides is 2. The number of ketones is 1. The summed E-state index contributed by atoms with van der Waals surface area (Å²) in [6.07, 6.45) is -0.181. The van der Waals surface area contributed by atoms with E-state index in [9.17, 15) is 19.2 Å². The Bertz CT molecular complexity index is 919. The third-order valence-corrected chi connectivity index (χ3v) is 4.42. The van der Waals surface area contributed by atoms with Gasteiger partial charge >= 0.3 is 5.97 Å². The van der Waals surface area contributed by atoms with Gasteiger partial charge in [-0.05, 0) is 29.0 Å². The summed E-state index contributed by atoms with van der Waals surface area (Å²) in [5.41, 5.74) is 1.57. The zero-order chi connectivity index (χ0) is 19.6. The minimum Gasteiger partial charge on any atom is -0.378 e. The van der Waals surface area contributed by atoms with Crippen molar-refractivity contribution in [2.45, 2.75) is 25.7 Å². The van der Waals surface area contributed by atoms with Gasteiger partial charge in [0.25, 0.3) is 11.8 Å². The highest BCUT2D eigenvalue weighted by Gasteiger charge is 2.32. The van der Waals surface area contributed by atoms with Gasteiger partial charge < -0.3 is 9.74 Å². The van der Waals surface area contributed by atoms with Crippen molar-refractivity contribution in [2.24, 2.45) is 0 Å². The van der Waals surface area contributed by atoms with Crippen LogP contribution in [0.4, 0.5) is 5.69 Å². The van der Waals surface area contributed by atoms with Crippen LogP contribution in [0, 0.1) is 0 Å². The lowest BCUT2D eigenvalue weighted by Crippen LogP contribution is -2.32. The number of hydrogen-bond donors (Lipinski definition) is 0. The Balaban J connectivity index is 1.62. The van der Waals surface area contributed by atoms with Crippen molar-refractivity contribution in [1.82, 2.24) is 5.06 Å². The Hall–Kier alpha value is -3.22. The molecule has 0 aromatic heterocycles. The first-order chi connectivity index (χ1) is 12.8. The molecule has 0 radical (unpaired) electrons. The van der Waals surface area contributed by atoms with Gasteiger partial charge in [0.05, 0.1) is 6.42 Å². The molecule has 27 heavy (non-hydrogen) atoms. The molecule has 0 spiro atoms. The molecule has 2 aromatic carbocycles. The van der Waals surface area contributed by atoms with Crippen molar-refractivity contribution in [3.63, 3.8) is 0 Å². The monoisotopic (exact) mass is 368 g/mol. The fourth-order valence-corrected chi connectivity index (χ4v) is 2.85. The van der Waals surface area contributed by atoms with E-state index in [1.807, 2.05) is 43.3 Å². The lowest BCUT2D eigenvalue weighted by Gasteiger charge is -2.13. The number of nitrogens with zero attached hydrogens (tertiary/aromatic N) is 2. The predicted molar refractivity (Wildman–Crippen MR) is 99.0 cm³/mol. The Morgan fingerprint density at radius 2 is 1.59 bits per heavy atom. The number of anilines is 1. The van der Waals surface area contributed by atoms with Gasteiger partial charge in [-0.3, -0.25) is 14.4 Å². The summed E-state index contributed by atoms with van der Waals surface area (Å²) in [6, 6.07) is 11.3. The van der Waals surface area contributed by atoms with E-state index >= 15 is 0 Å². The molecular formula is C20H20N2O5. The van der Waals surface area contributed by atoms with Crippen molar-refractivity contribution < 1.29 is 24.0 Å². The smallest absolute Gasteiger partial charge is 0.333 e. The minimum atomic E-state index is -0.775. The second-order valence-electron chi connectivity index (χ2n) is 6.61. The molecule has 7 heteroatoms. The molecule has 0 N–H and O–H groups in total. The van der Waals surface area contributed by atoms with Crippen molar-refractivity contribution >= 4 is 40.0 Å². The SMILES string of the molecule is CN(C)c1ccc2cc(C(=O)CCC(=O)ON3C(=O)CCC3=O)ccc2c1. The molecule has 1 aliphatic rings. The number of fused-ring (bicyclic) bond motifs is 1. The van der Waals surface area contributed by atoms with E-state index in [1.54, 1.807) is 12.1 Å². The highest BCUT2D eigenvalue weighted by Crippen LogP contribution is 2.23. The molecule has 7 nitrogen and oxygen atoms in total. The molecule has 0 saturated carbocycles. The van der Waals surface area contributed by atoms with Crippen molar-refractivity contribution in [2.75, 3.05) is 19.0 Å². The second-order valence-corrected chi connectivity index (χ2v) is 6.61. The summed E-state index contributed by atoms with van der Waals surface area (Å²) >= 11 is 0. The van der Waals surface area contributed by atoms with Gasteiger partial charge in [-0.2, -0.15) is 0 Å². The lowest BCUT2D eigenvalue weighted by molar-refractivity contribution is -0.197. The van der Waals surface area contributed by atoms with E-state index in [0.29, 0.717) is 10.6 Å². The average molecular weight is 368 g/mol. The number of carbonyl (C=O) groups is 4. The molecule has 2 aromatic rings. The topological polar surface area (TPSA) is 84.0 Å². The van der Waals surface area contributed by atoms with Crippen LogP contribution in [0.5, 0.6) is 0 Å². The maximum absolute atomic E-state index is 12.4. The van der Waals surface area contributed by atoms with E-state index in [1.165, 1.54) is 0 Å². The number of benzene rings is 2. The summed E-state index contributed by atoms with van der Waals surface area (Å²) in [7, 11) is 3.92. The van der Waals surface area contributed by atoms with Crippen molar-refractivity contribution in [1.29, 1.82) is 0 Å². The first-order valence-electron chi connectivity index (χ1n) is 8.66. The van der Waals surface area contributed by atoms with Crippen molar-refractivity contribution in [3.05, 3.63) is 42.0 Å².